The topological polar surface area (TPSA) is 116 Å². The van der Waals surface area contributed by atoms with E-state index < -0.39 is 11.0 Å². The highest BCUT2D eigenvalue weighted by Gasteiger charge is 2.23. The maximum Gasteiger partial charge on any atom is 0.175 e. The third kappa shape index (κ3) is 4.85. The molecule has 0 amide bonds. The molecular formula is C21H25IN6O2S2. The van der Waals surface area contributed by atoms with Gasteiger partial charge in [-0.25, -0.2) is 23.9 Å². The molecule has 0 radical (unpaired) electrons. The summed E-state index contributed by atoms with van der Waals surface area (Å²) in [5.74, 6) is 0.529. The lowest BCUT2D eigenvalue weighted by Gasteiger charge is -2.18. The minimum absolute atomic E-state index is 0.194. The van der Waals surface area contributed by atoms with Gasteiger partial charge in [0.2, 0.25) is 0 Å². The number of carbonyl (C=O) groups excluding carboxylic acids is 1. The molecule has 32 heavy (non-hydrogen) atoms. The fourth-order valence-electron chi connectivity index (χ4n) is 3.45. The van der Waals surface area contributed by atoms with Crippen molar-refractivity contribution >= 4 is 68.1 Å². The van der Waals surface area contributed by atoms with Gasteiger partial charge in [-0.15, -0.1) is 0 Å². The lowest BCUT2D eigenvalue weighted by atomic mass is 10.1. The van der Waals surface area contributed by atoms with Gasteiger partial charge in [-0.05, 0) is 73.9 Å². The molecule has 0 fully saturated rings. The average Bonchev–Trinajstić information content (AvgIpc) is 3.26. The van der Waals surface area contributed by atoms with E-state index in [9.17, 15) is 9.00 Å². The number of benzene rings is 1. The van der Waals surface area contributed by atoms with E-state index in [0.717, 1.165) is 37.6 Å². The van der Waals surface area contributed by atoms with Crippen LogP contribution in [0.15, 0.2) is 28.5 Å². The maximum absolute atomic E-state index is 12.3. The lowest BCUT2D eigenvalue weighted by Crippen LogP contribution is -2.34. The van der Waals surface area contributed by atoms with Crippen molar-refractivity contribution in [2.75, 3.05) is 12.3 Å². The van der Waals surface area contributed by atoms with Gasteiger partial charge in [0.15, 0.2) is 27.9 Å². The summed E-state index contributed by atoms with van der Waals surface area (Å²) >= 11 is 3.81. The molecular weight excluding hydrogens is 559 g/mol. The lowest BCUT2D eigenvalue weighted by molar-refractivity contribution is 0.0994. The van der Waals surface area contributed by atoms with Gasteiger partial charge >= 0.3 is 0 Å². The molecule has 1 aliphatic carbocycles. The molecule has 3 aromatic rings. The number of hydrogen-bond acceptors (Lipinski definition) is 7. The van der Waals surface area contributed by atoms with Crippen LogP contribution in [0.5, 0.6) is 0 Å². The first kappa shape index (κ1) is 23.6. The van der Waals surface area contributed by atoms with Crippen molar-refractivity contribution in [1.29, 1.82) is 0 Å². The first-order valence-corrected chi connectivity index (χ1v) is 13.3. The van der Waals surface area contributed by atoms with E-state index >= 15 is 0 Å². The number of nitrogen functional groups attached to an aromatic ring is 1. The zero-order valence-electron chi connectivity index (χ0n) is 18.1. The molecule has 0 saturated carbocycles. The van der Waals surface area contributed by atoms with Crippen LogP contribution in [0.2, 0.25) is 0 Å². The second kappa shape index (κ2) is 9.35. The number of nitrogens with zero attached hydrogens (tertiary/aromatic N) is 4. The predicted molar refractivity (Wildman–Crippen MR) is 136 cm³/mol. The number of aryl methyl sites for hydroxylation is 2. The van der Waals surface area contributed by atoms with Gasteiger partial charge in [-0.1, -0.05) is 11.8 Å². The van der Waals surface area contributed by atoms with Crippen LogP contribution in [0, 0.1) is 3.57 Å². The molecule has 2 heterocycles. The van der Waals surface area contributed by atoms with Crippen molar-refractivity contribution in [3.63, 3.8) is 0 Å². The minimum atomic E-state index is -1.12. The number of Topliss-reactive ketones (excluding diaryl/α,β-unsaturated/α-hetero) is 1. The summed E-state index contributed by atoms with van der Waals surface area (Å²) in [4.78, 5) is 26.4. The first-order valence-electron chi connectivity index (χ1n) is 10.3. The Morgan fingerprint density at radius 1 is 1.28 bits per heavy atom. The Hall–Kier alpha value is -1.57. The van der Waals surface area contributed by atoms with E-state index in [2.05, 4.69) is 43.3 Å². The molecule has 1 aromatic carbocycles. The molecule has 0 saturated heterocycles. The number of aromatic nitrogens is 4. The van der Waals surface area contributed by atoms with Gasteiger partial charge in [-0.2, -0.15) is 0 Å². The third-order valence-corrected chi connectivity index (χ3v) is 9.04. The standard InChI is InChI=1S/C21H25IN6O2S2/c1-21(2,3)32(30)26-7-4-8-28-19-17(18(23)24-11-25-19)27-20(28)31-16-10-13-12(9-14(16)22)5-6-15(13)29/h9-11,26H,4-8H2,1-3H3,(H2,23,24,25). The van der Waals surface area contributed by atoms with Crippen molar-refractivity contribution in [2.45, 2.75) is 61.4 Å². The quantitative estimate of drug-likeness (QED) is 0.321. The number of anilines is 1. The fourth-order valence-corrected chi connectivity index (χ4v) is 6.03. The van der Waals surface area contributed by atoms with Crippen molar-refractivity contribution in [1.82, 2.24) is 24.2 Å². The molecule has 0 aliphatic heterocycles. The van der Waals surface area contributed by atoms with Gasteiger partial charge in [0.25, 0.3) is 0 Å². The normalized spacial score (nSPS) is 14.8. The van der Waals surface area contributed by atoms with E-state index in [1.165, 1.54) is 18.1 Å². The summed E-state index contributed by atoms with van der Waals surface area (Å²) < 4.78 is 18.1. The molecule has 4 rings (SSSR count). The number of ketones is 1. The molecule has 2 aromatic heterocycles. The summed E-state index contributed by atoms with van der Waals surface area (Å²) in [6.45, 7) is 7.05. The largest absolute Gasteiger partial charge is 0.382 e. The molecule has 170 valence electrons. The summed E-state index contributed by atoms with van der Waals surface area (Å²) in [7, 11) is -1.12. The van der Waals surface area contributed by atoms with Crippen LogP contribution in [-0.4, -0.2) is 40.8 Å². The SMILES string of the molecule is CC(C)(C)S(=O)NCCCn1c(Sc2cc3c(cc2I)CCC3=O)nc2c(N)ncnc21. The predicted octanol–water partition coefficient (Wildman–Crippen LogP) is 3.74. The van der Waals surface area contributed by atoms with Crippen molar-refractivity contribution in [3.05, 3.63) is 33.2 Å². The van der Waals surface area contributed by atoms with E-state index in [4.69, 9.17) is 10.7 Å². The first-order chi connectivity index (χ1) is 15.1. The van der Waals surface area contributed by atoms with E-state index in [1.54, 1.807) is 0 Å². The summed E-state index contributed by atoms with van der Waals surface area (Å²) in [5, 5.41) is 0.743. The Bertz CT molecular complexity index is 1220. The molecule has 1 unspecified atom stereocenters. The highest BCUT2D eigenvalue weighted by Crippen LogP contribution is 2.37. The van der Waals surface area contributed by atoms with Gasteiger partial charge in [0, 0.05) is 33.5 Å². The Kier molecular flexibility index (Phi) is 6.89. The average molecular weight is 585 g/mol. The number of nitrogens with two attached hydrogens (primary N) is 1. The molecule has 1 aliphatic rings. The number of halogens is 1. The number of nitrogens with one attached hydrogen (secondary N) is 1. The summed E-state index contributed by atoms with van der Waals surface area (Å²) in [5.41, 5.74) is 9.22. The number of rotatable bonds is 7. The highest BCUT2D eigenvalue weighted by molar-refractivity contribution is 14.1. The van der Waals surface area contributed by atoms with Gasteiger partial charge in [-0.3, -0.25) is 4.79 Å². The smallest absolute Gasteiger partial charge is 0.175 e. The van der Waals surface area contributed by atoms with Crippen LogP contribution in [-0.2, 0) is 24.0 Å². The maximum atomic E-state index is 12.3. The van der Waals surface area contributed by atoms with Crippen LogP contribution < -0.4 is 10.5 Å². The van der Waals surface area contributed by atoms with Gasteiger partial charge in [0.05, 0.1) is 15.7 Å². The zero-order chi connectivity index (χ0) is 23.0. The van der Waals surface area contributed by atoms with Crippen LogP contribution >= 0.6 is 34.4 Å². The summed E-state index contributed by atoms with van der Waals surface area (Å²) in [6, 6.07) is 4.07. The van der Waals surface area contributed by atoms with E-state index in [1.807, 2.05) is 31.4 Å². The summed E-state index contributed by atoms with van der Waals surface area (Å²) in [6.07, 6.45) is 3.56. The number of imidazole rings is 1. The number of hydrogen-bond donors (Lipinski definition) is 2. The Labute approximate surface area is 207 Å². The number of fused-ring (bicyclic) bond motifs is 2. The van der Waals surface area contributed by atoms with Crippen molar-refractivity contribution < 1.29 is 9.00 Å². The fraction of sp³-hybridized carbons (Fsp3) is 0.429. The van der Waals surface area contributed by atoms with Crippen LogP contribution in [0.25, 0.3) is 11.2 Å². The van der Waals surface area contributed by atoms with Gasteiger partial charge < -0.3 is 10.3 Å². The molecule has 1 atom stereocenters. The van der Waals surface area contributed by atoms with E-state index in [0.29, 0.717) is 36.5 Å². The van der Waals surface area contributed by atoms with Crippen molar-refractivity contribution in [2.24, 2.45) is 0 Å². The van der Waals surface area contributed by atoms with E-state index in [-0.39, 0.29) is 10.5 Å². The second-order valence-electron chi connectivity index (χ2n) is 8.57. The zero-order valence-corrected chi connectivity index (χ0v) is 21.9. The third-order valence-electron chi connectivity index (χ3n) is 5.15. The molecule has 8 nitrogen and oxygen atoms in total. The monoisotopic (exact) mass is 584 g/mol. The molecule has 3 N–H and O–H groups in total. The Balaban J connectivity index is 1.61. The Morgan fingerprint density at radius 2 is 2.06 bits per heavy atom. The van der Waals surface area contributed by atoms with Crippen LogP contribution in [0.3, 0.4) is 0 Å². The highest BCUT2D eigenvalue weighted by atomic mass is 127. The molecule has 0 bridgehead atoms. The second-order valence-corrected chi connectivity index (χ2v) is 12.8. The molecule has 11 heteroatoms. The minimum Gasteiger partial charge on any atom is -0.382 e. The van der Waals surface area contributed by atoms with Crippen molar-refractivity contribution in [3.8, 4) is 0 Å². The Morgan fingerprint density at radius 3 is 2.81 bits per heavy atom. The van der Waals surface area contributed by atoms with Crippen LogP contribution in [0.4, 0.5) is 5.82 Å². The number of carbonyl (C=O) groups is 1. The van der Waals surface area contributed by atoms with Gasteiger partial charge in [0.1, 0.15) is 6.33 Å². The molecule has 0 spiro atoms. The van der Waals surface area contributed by atoms with Crippen LogP contribution in [0.1, 0.15) is 49.5 Å².